The van der Waals surface area contributed by atoms with Crippen LogP contribution in [-0.4, -0.2) is 12.6 Å². The van der Waals surface area contributed by atoms with Crippen molar-refractivity contribution in [2.45, 2.75) is 58.4 Å². The molecular weight excluding hydrogens is 182 g/mol. The van der Waals surface area contributed by atoms with Gasteiger partial charge in [0.15, 0.2) is 0 Å². The van der Waals surface area contributed by atoms with Gasteiger partial charge in [-0.25, -0.2) is 0 Å². The summed E-state index contributed by atoms with van der Waals surface area (Å²) < 4.78 is 0. The molecule has 0 aliphatic heterocycles. The molecule has 1 rings (SSSR count). The first-order chi connectivity index (χ1) is 7.24. The van der Waals surface area contributed by atoms with Crippen molar-refractivity contribution >= 4 is 0 Å². The van der Waals surface area contributed by atoms with E-state index in [1.165, 1.54) is 32.1 Å². The molecule has 1 nitrogen and oxygen atoms in total. The van der Waals surface area contributed by atoms with Crippen molar-refractivity contribution in [2.75, 3.05) is 6.54 Å². The molecule has 1 saturated carbocycles. The molecule has 0 aromatic carbocycles. The van der Waals surface area contributed by atoms with E-state index in [0.717, 1.165) is 30.8 Å². The molecule has 0 bridgehead atoms. The van der Waals surface area contributed by atoms with Crippen LogP contribution < -0.4 is 5.32 Å². The van der Waals surface area contributed by atoms with Gasteiger partial charge < -0.3 is 5.32 Å². The number of nitrogens with one attached hydrogen (secondary N) is 1. The molecule has 2 unspecified atom stereocenters. The molecule has 0 amide bonds. The molecule has 1 heteroatoms. The average Bonchev–Trinajstić information content (AvgIpc) is 2.44. The fourth-order valence-electron chi connectivity index (χ4n) is 2.59. The lowest BCUT2D eigenvalue weighted by Crippen LogP contribution is -2.29. The quantitative estimate of drug-likeness (QED) is 0.413. The van der Waals surface area contributed by atoms with E-state index in [9.17, 15) is 0 Å². The van der Waals surface area contributed by atoms with E-state index < -0.39 is 0 Å². The van der Waals surface area contributed by atoms with E-state index in [2.05, 4.69) is 25.7 Å². The van der Waals surface area contributed by atoms with Gasteiger partial charge in [0.05, 0.1) is 0 Å². The Morgan fingerprint density at radius 3 is 2.73 bits per heavy atom. The zero-order valence-electron chi connectivity index (χ0n) is 10.5. The first-order valence-electron chi connectivity index (χ1n) is 6.58. The second kappa shape index (κ2) is 7.05. The van der Waals surface area contributed by atoms with Crippen molar-refractivity contribution < 1.29 is 0 Å². The highest BCUT2D eigenvalue weighted by atomic mass is 14.9. The highest BCUT2D eigenvalue weighted by molar-refractivity contribution is 4.77. The second-order valence-corrected chi connectivity index (χ2v) is 5.24. The fraction of sp³-hybridized carbons (Fsp3) is 0.857. The minimum absolute atomic E-state index is 0.772. The summed E-state index contributed by atoms with van der Waals surface area (Å²) in [7, 11) is 0. The van der Waals surface area contributed by atoms with Crippen LogP contribution in [0.25, 0.3) is 0 Å². The third-order valence-electron chi connectivity index (χ3n) is 3.74. The second-order valence-electron chi connectivity index (χ2n) is 5.24. The van der Waals surface area contributed by atoms with Crippen LogP contribution in [0.2, 0.25) is 0 Å². The summed E-state index contributed by atoms with van der Waals surface area (Å²) in [6.07, 6.45) is 10.1. The monoisotopic (exact) mass is 209 g/mol. The standard InChI is InChI=1S/C14H27N/c1-4-5-11-15-14-8-6-7-13(9-10-14)12(2)3/h4,12-15H,1,5-11H2,2-3H3. The Hall–Kier alpha value is -0.300. The summed E-state index contributed by atoms with van der Waals surface area (Å²) in [5.41, 5.74) is 0. The summed E-state index contributed by atoms with van der Waals surface area (Å²) in [6, 6.07) is 0.772. The van der Waals surface area contributed by atoms with E-state index in [4.69, 9.17) is 0 Å². The predicted octanol–water partition coefficient (Wildman–Crippen LogP) is 3.76. The minimum atomic E-state index is 0.772. The van der Waals surface area contributed by atoms with Crippen LogP contribution in [0.5, 0.6) is 0 Å². The average molecular weight is 209 g/mol. The molecule has 0 aromatic rings. The maximum absolute atomic E-state index is 3.76. The van der Waals surface area contributed by atoms with Gasteiger partial charge in [0.1, 0.15) is 0 Å². The van der Waals surface area contributed by atoms with Crippen LogP contribution in [0.15, 0.2) is 12.7 Å². The van der Waals surface area contributed by atoms with Gasteiger partial charge in [0, 0.05) is 6.04 Å². The van der Waals surface area contributed by atoms with E-state index >= 15 is 0 Å². The molecular formula is C14H27N. The number of hydrogen-bond donors (Lipinski definition) is 1. The van der Waals surface area contributed by atoms with Crippen LogP contribution in [-0.2, 0) is 0 Å². The highest BCUT2D eigenvalue weighted by Gasteiger charge is 2.20. The van der Waals surface area contributed by atoms with Crippen molar-refractivity contribution in [1.29, 1.82) is 0 Å². The molecule has 0 radical (unpaired) electrons. The summed E-state index contributed by atoms with van der Waals surface area (Å²) in [6.45, 7) is 9.61. The molecule has 0 heterocycles. The normalized spacial score (nSPS) is 27.7. The molecule has 1 fully saturated rings. The lowest BCUT2D eigenvalue weighted by Gasteiger charge is -2.19. The molecule has 1 N–H and O–H groups in total. The smallest absolute Gasteiger partial charge is 0.00672 e. The fourth-order valence-corrected chi connectivity index (χ4v) is 2.59. The maximum Gasteiger partial charge on any atom is 0.00672 e. The van der Waals surface area contributed by atoms with Gasteiger partial charge in [-0.15, -0.1) is 6.58 Å². The minimum Gasteiger partial charge on any atom is -0.314 e. The first kappa shape index (κ1) is 12.8. The van der Waals surface area contributed by atoms with Crippen molar-refractivity contribution in [1.82, 2.24) is 5.32 Å². The van der Waals surface area contributed by atoms with Crippen LogP contribution in [0.3, 0.4) is 0 Å². The van der Waals surface area contributed by atoms with Gasteiger partial charge in [0.2, 0.25) is 0 Å². The molecule has 1 aliphatic carbocycles. The van der Waals surface area contributed by atoms with Crippen molar-refractivity contribution in [3.8, 4) is 0 Å². The van der Waals surface area contributed by atoms with E-state index in [0.29, 0.717) is 0 Å². The van der Waals surface area contributed by atoms with Crippen molar-refractivity contribution in [3.63, 3.8) is 0 Å². The summed E-state index contributed by atoms with van der Waals surface area (Å²) in [4.78, 5) is 0. The van der Waals surface area contributed by atoms with Crippen LogP contribution >= 0.6 is 0 Å². The third-order valence-corrected chi connectivity index (χ3v) is 3.74. The first-order valence-corrected chi connectivity index (χ1v) is 6.58. The van der Waals surface area contributed by atoms with Gasteiger partial charge in [-0.2, -0.15) is 0 Å². The summed E-state index contributed by atoms with van der Waals surface area (Å²) in [5, 5.41) is 3.65. The Balaban J connectivity index is 2.23. The zero-order valence-corrected chi connectivity index (χ0v) is 10.5. The van der Waals surface area contributed by atoms with Crippen LogP contribution in [0.1, 0.15) is 52.4 Å². The molecule has 0 spiro atoms. The van der Waals surface area contributed by atoms with Gasteiger partial charge in [-0.05, 0) is 44.1 Å². The van der Waals surface area contributed by atoms with E-state index in [1.54, 1.807) is 0 Å². The molecule has 1 aliphatic rings. The van der Waals surface area contributed by atoms with Crippen LogP contribution in [0.4, 0.5) is 0 Å². The maximum atomic E-state index is 3.76. The number of hydrogen-bond acceptors (Lipinski definition) is 1. The highest BCUT2D eigenvalue weighted by Crippen LogP contribution is 2.28. The topological polar surface area (TPSA) is 12.0 Å². The predicted molar refractivity (Wildman–Crippen MR) is 68.0 cm³/mol. The van der Waals surface area contributed by atoms with Gasteiger partial charge >= 0.3 is 0 Å². The zero-order chi connectivity index (χ0) is 11.1. The molecule has 88 valence electrons. The Labute approximate surface area is 95.3 Å². The SMILES string of the molecule is C=CCCNC1CCCC(C(C)C)CC1. The van der Waals surface area contributed by atoms with E-state index in [1.807, 2.05) is 6.08 Å². The van der Waals surface area contributed by atoms with Crippen LogP contribution in [0, 0.1) is 11.8 Å². The summed E-state index contributed by atoms with van der Waals surface area (Å²) in [5.74, 6) is 1.84. The van der Waals surface area contributed by atoms with Gasteiger partial charge in [-0.1, -0.05) is 32.8 Å². The Morgan fingerprint density at radius 2 is 2.07 bits per heavy atom. The summed E-state index contributed by atoms with van der Waals surface area (Å²) >= 11 is 0. The lowest BCUT2D eigenvalue weighted by molar-refractivity contribution is 0.338. The van der Waals surface area contributed by atoms with Gasteiger partial charge in [-0.3, -0.25) is 0 Å². The lowest BCUT2D eigenvalue weighted by atomic mass is 9.89. The van der Waals surface area contributed by atoms with E-state index in [-0.39, 0.29) is 0 Å². The molecule has 2 atom stereocenters. The molecule has 0 aromatic heterocycles. The van der Waals surface area contributed by atoms with Crippen molar-refractivity contribution in [2.24, 2.45) is 11.8 Å². The molecule has 15 heavy (non-hydrogen) atoms. The van der Waals surface area contributed by atoms with Gasteiger partial charge in [0.25, 0.3) is 0 Å². The third kappa shape index (κ3) is 4.83. The Bertz CT molecular complexity index is 174. The van der Waals surface area contributed by atoms with Crippen molar-refractivity contribution in [3.05, 3.63) is 12.7 Å². The largest absolute Gasteiger partial charge is 0.314 e. The number of rotatable bonds is 5. The Kier molecular flexibility index (Phi) is 6.00. The molecule has 0 saturated heterocycles. The Morgan fingerprint density at radius 1 is 1.27 bits per heavy atom.